The molecule has 3 heterocycles. The largest absolute Gasteiger partial charge is 0.491 e. The minimum absolute atomic E-state index is 0.0521. The number of ether oxygens (including phenoxy) is 1. The molecule has 0 bridgehead atoms. The van der Waals surface area contributed by atoms with Crippen molar-refractivity contribution in [1.82, 2.24) is 10.2 Å². The monoisotopic (exact) mass is 419 g/mol. The fourth-order valence-corrected chi connectivity index (χ4v) is 5.65. The van der Waals surface area contributed by atoms with Gasteiger partial charge in [0.2, 0.25) is 11.8 Å². The third-order valence-electron chi connectivity index (χ3n) is 6.85. The number of amides is 2. The normalized spacial score (nSPS) is 26.7. The van der Waals surface area contributed by atoms with Gasteiger partial charge in [-0.25, -0.2) is 0 Å². The number of nitrogens with one attached hydrogen (secondary N) is 2. The predicted octanol–water partition coefficient (Wildman–Crippen LogP) is 3.42. The molecule has 1 spiro atoms. The van der Waals surface area contributed by atoms with Crippen molar-refractivity contribution in [1.29, 1.82) is 0 Å². The summed E-state index contributed by atoms with van der Waals surface area (Å²) in [5.74, 6) is 0.307. The van der Waals surface area contributed by atoms with Crippen LogP contribution in [0.1, 0.15) is 44.2 Å². The first-order chi connectivity index (χ1) is 15.0. The number of rotatable bonds is 5. The zero-order valence-electron chi connectivity index (χ0n) is 18.1. The molecule has 3 aliphatic heterocycles. The lowest BCUT2D eigenvalue weighted by molar-refractivity contribution is -0.137. The Labute approximate surface area is 183 Å². The SMILES string of the molecule is CC(C)Oc1ccc(CNC(=O)C2CC3CCCN3C23C(=O)Nc2ccccc23)cc1. The highest BCUT2D eigenvalue weighted by Crippen LogP contribution is 2.55. The summed E-state index contributed by atoms with van der Waals surface area (Å²) in [7, 11) is 0. The average molecular weight is 420 g/mol. The molecule has 0 radical (unpaired) electrons. The topological polar surface area (TPSA) is 70.7 Å². The van der Waals surface area contributed by atoms with Crippen molar-refractivity contribution in [2.45, 2.75) is 57.3 Å². The van der Waals surface area contributed by atoms with E-state index < -0.39 is 11.5 Å². The molecule has 0 aromatic heterocycles. The van der Waals surface area contributed by atoms with E-state index in [2.05, 4.69) is 15.5 Å². The number of hydrogen-bond donors (Lipinski definition) is 2. The van der Waals surface area contributed by atoms with Crippen molar-refractivity contribution in [2.24, 2.45) is 5.92 Å². The number of benzene rings is 2. The molecule has 2 N–H and O–H groups in total. The Bertz CT molecular complexity index is 1000. The molecule has 2 fully saturated rings. The number of carbonyl (C=O) groups is 2. The minimum atomic E-state index is -0.892. The Balaban J connectivity index is 1.38. The molecule has 2 amide bonds. The average Bonchev–Trinajstić information content (AvgIpc) is 3.41. The highest BCUT2D eigenvalue weighted by atomic mass is 16.5. The van der Waals surface area contributed by atoms with E-state index in [1.165, 1.54) is 0 Å². The molecule has 3 unspecified atom stereocenters. The van der Waals surface area contributed by atoms with Crippen LogP contribution in [0.25, 0.3) is 0 Å². The Morgan fingerprint density at radius 1 is 1.23 bits per heavy atom. The van der Waals surface area contributed by atoms with Crippen LogP contribution in [0.15, 0.2) is 48.5 Å². The minimum Gasteiger partial charge on any atom is -0.491 e. The summed E-state index contributed by atoms with van der Waals surface area (Å²) in [4.78, 5) is 29.1. The number of hydrogen-bond acceptors (Lipinski definition) is 4. The lowest BCUT2D eigenvalue weighted by Gasteiger charge is -2.36. The van der Waals surface area contributed by atoms with Crippen molar-refractivity contribution in [3.8, 4) is 5.75 Å². The summed E-state index contributed by atoms with van der Waals surface area (Å²) in [6, 6.07) is 15.9. The van der Waals surface area contributed by atoms with E-state index in [1.54, 1.807) is 0 Å². The maximum atomic E-state index is 13.4. The predicted molar refractivity (Wildman–Crippen MR) is 119 cm³/mol. The molecule has 6 nitrogen and oxygen atoms in total. The van der Waals surface area contributed by atoms with Gasteiger partial charge in [0.15, 0.2) is 0 Å². The van der Waals surface area contributed by atoms with E-state index in [-0.39, 0.29) is 24.0 Å². The second kappa shape index (κ2) is 7.68. The van der Waals surface area contributed by atoms with Gasteiger partial charge >= 0.3 is 0 Å². The fourth-order valence-electron chi connectivity index (χ4n) is 5.65. The van der Waals surface area contributed by atoms with Gasteiger partial charge in [0.25, 0.3) is 0 Å². The van der Waals surface area contributed by atoms with E-state index in [9.17, 15) is 9.59 Å². The third-order valence-corrected chi connectivity index (χ3v) is 6.85. The standard InChI is InChI=1S/C25H29N3O3/c1-16(2)31-19-11-9-17(10-12-19)15-26-23(29)21-14-18-6-5-13-28(18)25(21)20-7-3-4-8-22(20)27-24(25)30/h3-4,7-12,16,18,21H,5-6,13-15H2,1-2H3,(H,26,29)(H,27,30). The van der Waals surface area contributed by atoms with E-state index in [4.69, 9.17) is 4.74 Å². The van der Waals surface area contributed by atoms with Gasteiger partial charge in [-0.3, -0.25) is 14.5 Å². The number of para-hydroxylation sites is 1. The first kappa shape index (κ1) is 20.1. The van der Waals surface area contributed by atoms with Crippen LogP contribution in [0.5, 0.6) is 5.75 Å². The molecule has 2 aromatic rings. The molecule has 31 heavy (non-hydrogen) atoms. The van der Waals surface area contributed by atoms with E-state index in [0.717, 1.165) is 48.4 Å². The van der Waals surface area contributed by atoms with Gasteiger partial charge in [0.05, 0.1) is 12.0 Å². The third kappa shape index (κ3) is 3.21. The van der Waals surface area contributed by atoms with Crippen LogP contribution in [0.3, 0.4) is 0 Å². The van der Waals surface area contributed by atoms with Crippen LogP contribution in [-0.2, 0) is 21.7 Å². The highest BCUT2D eigenvalue weighted by molar-refractivity contribution is 6.09. The number of nitrogens with zero attached hydrogens (tertiary/aromatic N) is 1. The molecular formula is C25H29N3O3. The van der Waals surface area contributed by atoms with Gasteiger partial charge in [0.1, 0.15) is 11.3 Å². The van der Waals surface area contributed by atoms with Crippen molar-refractivity contribution < 1.29 is 14.3 Å². The van der Waals surface area contributed by atoms with Crippen molar-refractivity contribution >= 4 is 17.5 Å². The van der Waals surface area contributed by atoms with Crippen molar-refractivity contribution in [2.75, 3.05) is 11.9 Å². The zero-order chi connectivity index (χ0) is 21.6. The molecule has 162 valence electrons. The van der Waals surface area contributed by atoms with E-state index >= 15 is 0 Å². The van der Waals surface area contributed by atoms with Gasteiger partial charge in [-0.2, -0.15) is 0 Å². The van der Waals surface area contributed by atoms with Crippen molar-refractivity contribution in [3.63, 3.8) is 0 Å². The van der Waals surface area contributed by atoms with Crippen LogP contribution >= 0.6 is 0 Å². The van der Waals surface area contributed by atoms with Gasteiger partial charge < -0.3 is 15.4 Å². The van der Waals surface area contributed by atoms with Crippen LogP contribution in [0.4, 0.5) is 5.69 Å². The second-order valence-electron chi connectivity index (χ2n) is 9.07. The van der Waals surface area contributed by atoms with Gasteiger partial charge in [-0.05, 0) is 63.4 Å². The summed E-state index contributed by atoms with van der Waals surface area (Å²) in [6.07, 6.45) is 2.95. The number of anilines is 1. The Hall–Kier alpha value is -2.86. The quantitative estimate of drug-likeness (QED) is 0.779. The molecule has 0 saturated carbocycles. The number of carbonyl (C=O) groups excluding carboxylic acids is 2. The molecular weight excluding hydrogens is 390 g/mol. The maximum Gasteiger partial charge on any atom is 0.250 e. The molecule has 3 aliphatic rings. The van der Waals surface area contributed by atoms with Gasteiger partial charge in [-0.1, -0.05) is 30.3 Å². The van der Waals surface area contributed by atoms with E-state index in [1.807, 2.05) is 62.4 Å². The summed E-state index contributed by atoms with van der Waals surface area (Å²) in [6.45, 7) is 5.28. The van der Waals surface area contributed by atoms with Gasteiger partial charge in [0, 0.05) is 23.8 Å². The summed E-state index contributed by atoms with van der Waals surface area (Å²) >= 11 is 0. The summed E-state index contributed by atoms with van der Waals surface area (Å²) in [5, 5.41) is 6.16. The molecule has 0 aliphatic carbocycles. The highest BCUT2D eigenvalue weighted by Gasteiger charge is 2.65. The zero-order valence-corrected chi connectivity index (χ0v) is 18.1. The Morgan fingerprint density at radius 2 is 2.00 bits per heavy atom. The van der Waals surface area contributed by atoms with Crippen LogP contribution in [0, 0.1) is 5.92 Å². The maximum absolute atomic E-state index is 13.4. The summed E-state index contributed by atoms with van der Waals surface area (Å²) < 4.78 is 5.69. The second-order valence-corrected chi connectivity index (χ2v) is 9.07. The molecule has 3 atom stereocenters. The van der Waals surface area contributed by atoms with Gasteiger partial charge in [-0.15, -0.1) is 0 Å². The lowest BCUT2D eigenvalue weighted by atomic mass is 9.78. The molecule has 2 saturated heterocycles. The molecule has 2 aromatic carbocycles. The Kier molecular flexibility index (Phi) is 4.97. The lowest BCUT2D eigenvalue weighted by Crippen LogP contribution is -2.54. The van der Waals surface area contributed by atoms with Crippen LogP contribution in [-0.4, -0.2) is 35.4 Å². The van der Waals surface area contributed by atoms with Crippen LogP contribution < -0.4 is 15.4 Å². The van der Waals surface area contributed by atoms with Crippen LogP contribution in [0.2, 0.25) is 0 Å². The summed E-state index contributed by atoms with van der Waals surface area (Å²) in [5.41, 5.74) is 1.89. The smallest absolute Gasteiger partial charge is 0.250 e. The first-order valence-electron chi connectivity index (χ1n) is 11.2. The molecule has 6 heteroatoms. The fraction of sp³-hybridized carbons (Fsp3) is 0.440. The Morgan fingerprint density at radius 3 is 2.77 bits per heavy atom. The number of fused-ring (bicyclic) bond motifs is 4. The first-order valence-corrected chi connectivity index (χ1v) is 11.2. The van der Waals surface area contributed by atoms with Crippen molar-refractivity contribution in [3.05, 3.63) is 59.7 Å². The molecule has 5 rings (SSSR count). The van der Waals surface area contributed by atoms with E-state index in [0.29, 0.717) is 6.54 Å².